The number of nitriles is 1. The van der Waals surface area contributed by atoms with Gasteiger partial charge in [-0.15, -0.1) is 0 Å². The zero-order valence-electron chi connectivity index (χ0n) is 11.5. The molecule has 3 aromatic rings. The fourth-order valence-electron chi connectivity index (χ4n) is 2.44. The molecule has 0 fully saturated rings. The first kappa shape index (κ1) is 13.5. The van der Waals surface area contributed by atoms with Gasteiger partial charge in [0, 0.05) is 22.4 Å². The molecule has 0 saturated carbocycles. The van der Waals surface area contributed by atoms with Crippen LogP contribution in [0.4, 0.5) is 0 Å². The highest BCUT2D eigenvalue weighted by molar-refractivity contribution is 6.37. The average Bonchev–Trinajstić information content (AvgIpc) is 2.53. The number of rotatable bonds is 2. The normalized spacial score (nSPS) is 10.6. The van der Waals surface area contributed by atoms with Crippen molar-refractivity contribution in [2.24, 2.45) is 0 Å². The third-order valence-corrected chi connectivity index (χ3v) is 3.83. The number of halogens is 1. The van der Waals surface area contributed by atoms with Crippen molar-refractivity contribution in [1.82, 2.24) is 4.98 Å². The largest absolute Gasteiger partial charge is 0.493 e. The van der Waals surface area contributed by atoms with Gasteiger partial charge in [-0.25, -0.2) is 0 Å². The van der Waals surface area contributed by atoms with E-state index in [2.05, 4.69) is 4.98 Å². The molecule has 0 amide bonds. The molecular weight excluding hydrogens is 288 g/mol. The minimum Gasteiger partial charge on any atom is -0.493 e. The zero-order chi connectivity index (χ0) is 15.0. The lowest BCUT2D eigenvalue weighted by Crippen LogP contribution is -1.93. The first-order valence-corrected chi connectivity index (χ1v) is 6.61. The first-order chi connectivity index (χ1) is 10.2. The van der Waals surface area contributed by atoms with E-state index in [1.807, 2.05) is 30.3 Å². The summed E-state index contributed by atoms with van der Waals surface area (Å²) in [6, 6.07) is 9.52. The Bertz CT molecular complexity index is 900. The number of hydrogen-bond donors (Lipinski definition) is 0. The molecule has 2 aromatic carbocycles. The number of ether oxygens (including phenoxy) is 2. The highest BCUT2D eigenvalue weighted by atomic mass is 35.5. The predicted octanol–water partition coefficient (Wildman–Crippen LogP) is 3.93. The van der Waals surface area contributed by atoms with Crippen molar-refractivity contribution in [2.75, 3.05) is 14.2 Å². The van der Waals surface area contributed by atoms with Gasteiger partial charge >= 0.3 is 0 Å². The topological polar surface area (TPSA) is 55.1 Å². The van der Waals surface area contributed by atoms with E-state index in [9.17, 15) is 0 Å². The quantitative estimate of drug-likeness (QED) is 0.673. The predicted molar refractivity (Wildman–Crippen MR) is 82.1 cm³/mol. The molecule has 1 heterocycles. The summed E-state index contributed by atoms with van der Waals surface area (Å²) < 4.78 is 10.7. The Balaban J connectivity index is 2.46. The number of methoxy groups -OCH3 is 2. The van der Waals surface area contributed by atoms with Crippen LogP contribution in [0.1, 0.15) is 5.56 Å². The van der Waals surface area contributed by atoms with Crippen molar-refractivity contribution < 1.29 is 9.47 Å². The van der Waals surface area contributed by atoms with Crippen molar-refractivity contribution >= 4 is 33.3 Å². The SMILES string of the molecule is COc1ccc2c(ccc3c(Cl)c(C#N)cnc32)c1OC. The molecule has 3 rings (SSSR count). The van der Waals surface area contributed by atoms with Crippen molar-refractivity contribution in [3.05, 3.63) is 41.0 Å². The van der Waals surface area contributed by atoms with Crippen LogP contribution in [0.25, 0.3) is 21.7 Å². The van der Waals surface area contributed by atoms with E-state index in [0.29, 0.717) is 22.1 Å². The van der Waals surface area contributed by atoms with E-state index >= 15 is 0 Å². The molecule has 0 radical (unpaired) electrons. The van der Waals surface area contributed by atoms with Crippen LogP contribution in [0.3, 0.4) is 0 Å². The minimum absolute atomic E-state index is 0.365. The Kier molecular flexibility index (Phi) is 3.28. The van der Waals surface area contributed by atoms with Crippen molar-refractivity contribution in [1.29, 1.82) is 5.26 Å². The monoisotopic (exact) mass is 298 g/mol. The molecule has 0 saturated heterocycles. The van der Waals surface area contributed by atoms with Gasteiger partial charge in [0.05, 0.1) is 30.3 Å². The van der Waals surface area contributed by atoms with Crippen LogP contribution < -0.4 is 9.47 Å². The highest BCUT2D eigenvalue weighted by Crippen LogP contribution is 2.39. The van der Waals surface area contributed by atoms with Gasteiger partial charge in [-0.2, -0.15) is 5.26 Å². The van der Waals surface area contributed by atoms with Crippen LogP contribution in [0, 0.1) is 11.3 Å². The van der Waals surface area contributed by atoms with Crippen LogP contribution in [0.5, 0.6) is 11.5 Å². The highest BCUT2D eigenvalue weighted by Gasteiger charge is 2.14. The Morgan fingerprint density at radius 2 is 1.76 bits per heavy atom. The Labute approximate surface area is 126 Å². The Morgan fingerprint density at radius 1 is 1.05 bits per heavy atom. The number of fused-ring (bicyclic) bond motifs is 3. The molecule has 0 aliphatic rings. The van der Waals surface area contributed by atoms with Gasteiger partial charge in [-0.1, -0.05) is 17.7 Å². The second-order valence-electron chi connectivity index (χ2n) is 4.46. The summed E-state index contributed by atoms with van der Waals surface area (Å²) in [7, 11) is 3.19. The van der Waals surface area contributed by atoms with Crippen molar-refractivity contribution in [3.8, 4) is 17.6 Å². The second-order valence-corrected chi connectivity index (χ2v) is 4.83. The van der Waals surface area contributed by atoms with E-state index in [1.165, 1.54) is 6.20 Å². The molecule has 0 atom stereocenters. The van der Waals surface area contributed by atoms with Crippen molar-refractivity contribution in [3.63, 3.8) is 0 Å². The van der Waals surface area contributed by atoms with Crippen LogP contribution >= 0.6 is 11.6 Å². The molecule has 0 N–H and O–H groups in total. The lowest BCUT2D eigenvalue weighted by atomic mass is 10.0. The molecule has 1 aromatic heterocycles. The number of benzene rings is 2. The summed E-state index contributed by atoms with van der Waals surface area (Å²) in [4.78, 5) is 4.37. The molecule has 0 unspecified atom stereocenters. The lowest BCUT2D eigenvalue weighted by molar-refractivity contribution is 0.358. The Morgan fingerprint density at radius 3 is 2.43 bits per heavy atom. The molecule has 0 aliphatic heterocycles. The summed E-state index contributed by atoms with van der Waals surface area (Å²) in [5, 5.41) is 12.0. The summed E-state index contributed by atoms with van der Waals surface area (Å²) in [6.07, 6.45) is 1.49. The maximum absolute atomic E-state index is 9.03. The molecular formula is C16H11ClN2O2. The van der Waals surface area contributed by atoms with E-state index in [4.69, 9.17) is 26.3 Å². The van der Waals surface area contributed by atoms with Gasteiger partial charge in [0.15, 0.2) is 11.5 Å². The van der Waals surface area contributed by atoms with Crippen LogP contribution in [-0.2, 0) is 0 Å². The van der Waals surface area contributed by atoms with Gasteiger partial charge in [-0.05, 0) is 18.2 Å². The smallest absolute Gasteiger partial charge is 0.168 e. The van der Waals surface area contributed by atoms with Gasteiger partial charge in [0.25, 0.3) is 0 Å². The van der Waals surface area contributed by atoms with Gasteiger partial charge < -0.3 is 9.47 Å². The molecule has 0 spiro atoms. The lowest BCUT2D eigenvalue weighted by Gasteiger charge is -2.12. The molecule has 104 valence electrons. The molecule has 0 aliphatic carbocycles. The molecule has 21 heavy (non-hydrogen) atoms. The maximum atomic E-state index is 9.03. The number of hydrogen-bond acceptors (Lipinski definition) is 4. The summed E-state index contributed by atoms with van der Waals surface area (Å²) in [5.74, 6) is 1.31. The van der Waals surface area contributed by atoms with Gasteiger partial charge in [0.2, 0.25) is 0 Å². The third kappa shape index (κ3) is 1.94. The average molecular weight is 299 g/mol. The number of aromatic nitrogens is 1. The number of nitrogens with zero attached hydrogens (tertiary/aromatic N) is 2. The van der Waals surface area contributed by atoms with Crippen LogP contribution in [0.15, 0.2) is 30.5 Å². The fourth-order valence-corrected chi connectivity index (χ4v) is 2.68. The maximum Gasteiger partial charge on any atom is 0.168 e. The van der Waals surface area contributed by atoms with Crippen LogP contribution in [0.2, 0.25) is 5.02 Å². The summed E-state index contributed by atoms with van der Waals surface area (Å²) >= 11 is 6.26. The van der Waals surface area contributed by atoms with Gasteiger partial charge in [0.1, 0.15) is 6.07 Å². The number of pyridine rings is 1. The van der Waals surface area contributed by atoms with Crippen LogP contribution in [-0.4, -0.2) is 19.2 Å². The van der Waals surface area contributed by atoms with E-state index < -0.39 is 0 Å². The van der Waals surface area contributed by atoms with E-state index in [-0.39, 0.29) is 0 Å². The first-order valence-electron chi connectivity index (χ1n) is 6.23. The summed E-state index contributed by atoms with van der Waals surface area (Å²) in [5.41, 5.74) is 1.10. The Hall–Kier alpha value is -2.51. The molecule has 0 bridgehead atoms. The standard InChI is InChI=1S/C16H11ClN2O2/c1-20-13-6-5-10-11(16(13)21-2)3-4-12-14(17)9(7-18)8-19-15(10)12/h3-6,8H,1-2H3. The molecule has 4 nitrogen and oxygen atoms in total. The molecule has 5 heteroatoms. The summed E-state index contributed by atoms with van der Waals surface area (Å²) in [6.45, 7) is 0. The van der Waals surface area contributed by atoms with Crippen molar-refractivity contribution in [2.45, 2.75) is 0 Å². The van der Waals surface area contributed by atoms with E-state index in [0.717, 1.165) is 21.7 Å². The minimum atomic E-state index is 0.365. The van der Waals surface area contributed by atoms with Gasteiger partial charge in [-0.3, -0.25) is 4.98 Å². The zero-order valence-corrected chi connectivity index (χ0v) is 12.2. The second kappa shape index (κ2) is 5.12. The van der Waals surface area contributed by atoms with E-state index in [1.54, 1.807) is 14.2 Å². The third-order valence-electron chi connectivity index (χ3n) is 3.43. The fraction of sp³-hybridized carbons (Fsp3) is 0.125.